The van der Waals surface area contributed by atoms with Gasteiger partial charge in [-0.1, -0.05) is 18.2 Å². The molecule has 0 amide bonds. The first-order valence-corrected chi connectivity index (χ1v) is 7.24. The van der Waals surface area contributed by atoms with Crippen LogP contribution in [0.25, 0.3) is 12.2 Å². The lowest BCUT2D eigenvalue weighted by Gasteiger charge is -2.20. The summed E-state index contributed by atoms with van der Waals surface area (Å²) in [7, 11) is 3.12. The van der Waals surface area contributed by atoms with E-state index in [9.17, 15) is 5.11 Å². The van der Waals surface area contributed by atoms with E-state index in [2.05, 4.69) is 0 Å². The second-order valence-electron chi connectivity index (χ2n) is 5.01. The largest absolute Gasteiger partial charge is 0.504 e. The zero-order valence-corrected chi connectivity index (χ0v) is 13.0. The van der Waals surface area contributed by atoms with Crippen LogP contribution in [0.1, 0.15) is 11.1 Å². The topological polar surface area (TPSA) is 57.2 Å². The third-order valence-electron chi connectivity index (χ3n) is 3.52. The maximum absolute atomic E-state index is 9.81. The molecule has 0 aliphatic carbocycles. The molecule has 1 N–H and O–H groups in total. The van der Waals surface area contributed by atoms with Gasteiger partial charge in [-0.25, -0.2) is 0 Å². The van der Waals surface area contributed by atoms with Crippen LogP contribution in [0.15, 0.2) is 30.3 Å². The molecule has 1 heterocycles. The van der Waals surface area contributed by atoms with E-state index in [1.54, 1.807) is 19.2 Å². The molecule has 5 heteroatoms. The number of rotatable bonds is 4. The van der Waals surface area contributed by atoms with Gasteiger partial charge in [-0.15, -0.1) is 0 Å². The van der Waals surface area contributed by atoms with Crippen molar-refractivity contribution < 1.29 is 24.1 Å². The summed E-state index contributed by atoms with van der Waals surface area (Å²) in [5, 5.41) is 9.81. The molecule has 23 heavy (non-hydrogen) atoms. The van der Waals surface area contributed by atoms with E-state index < -0.39 is 0 Å². The standard InChI is InChI=1S/C18H18O5/c1-20-15-6-5-12(9-14(15)19)3-4-13-10-16(21-2)18-17(11-13)22-7-8-23-18/h3-6,9-11,19H,7-8H2,1-2H3/b4-3-. The highest BCUT2D eigenvalue weighted by molar-refractivity contribution is 5.73. The summed E-state index contributed by atoms with van der Waals surface area (Å²) in [6, 6.07) is 9.01. The van der Waals surface area contributed by atoms with Crippen molar-refractivity contribution in [3.05, 3.63) is 41.5 Å². The molecule has 0 radical (unpaired) electrons. The van der Waals surface area contributed by atoms with Crippen LogP contribution in [0.2, 0.25) is 0 Å². The fourth-order valence-corrected chi connectivity index (χ4v) is 2.39. The SMILES string of the molecule is COc1ccc(/C=C\c2cc(OC)c3c(c2)OCCO3)cc1O. The zero-order chi connectivity index (χ0) is 16.2. The van der Waals surface area contributed by atoms with Crippen molar-refractivity contribution in [2.75, 3.05) is 27.4 Å². The predicted octanol–water partition coefficient (Wildman–Crippen LogP) is 3.35. The van der Waals surface area contributed by atoms with Crippen LogP contribution < -0.4 is 18.9 Å². The summed E-state index contributed by atoms with van der Waals surface area (Å²) in [6.45, 7) is 1.04. The average Bonchev–Trinajstić information content (AvgIpc) is 2.59. The van der Waals surface area contributed by atoms with Gasteiger partial charge in [0.2, 0.25) is 5.75 Å². The molecule has 2 aromatic carbocycles. The van der Waals surface area contributed by atoms with Crippen molar-refractivity contribution in [2.45, 2.75) is 0 Å². The molecule has 0 saturated heterocycles. The van der Waals surface area contributed by atoms with Crippen LogP contribution in [-0.4, -0.2) is 32.5 Å². The van der Waals surface area contributed by atoms with E-state index in [0.717, 1.165) is 11.1 Å². The number of ether oxygens (including phenoxy) is 4. The molecule has 0 bridgehead atoms. The number of hydrogen-bond acceptors (Lipinski definition) is 5. The van der Waals surface area contributed by atoms with Crippen LogP contribution in [0.5, 0.6) is 28.7 Å². The van der Waals surface area contributed by atoms with Gasteiger partial charge < -0.3 is 24.1 Å². The normalized spacial score (nSPS) is 13.1. The Morgan fingerprint density at radius 1 is 0.913 bits per heavy atom. The summed E-state index contributed by atoms with van der Waals surface area (Å²) in [5.74, 6) is 2.50. The Bertz CT molecular complexity index is 719. The Balaban J connectivity index is 1.89. The first-order valence-electron chi connectivity index (χ1n) is 7.24. The first kappa shape index (κ1) is 15.1. The fourth-order valence-electron chi connectivity index (χ4n) is 2.39. The summed E-state index contributed by atoms with van der Waals surface area (Å²) in [5.41, 5.74) is 1.78. The van der Waals surface area contributed by atoms with Gasteiger partial charge in [0.1, 0.15) is 13.2 Å². The van der Waals surface area contributed by atoms with Gasteiger partial charge in [0, 0.05) is 0 Å². The number of methoxy groups -OCH3 is 2. The minimum Gasteiger partial charge on any atom is -0.504 e. The molecule has 0 fully saturated rings. The van der Waals surface area contributed by atoms with E-state index in [4.69, 9.17) is 18.9 Å². The van der Waals surface area contributed by atoms with Crippen molar-refractivity contribution in [1.82, 2.24) is 0 Å². The summed E-state index contributed by atoms with van der Waals surface area (Å²) >= 11 is 0. The van der Waals surface area contributed by atoms with Crippen LogP contribution in [0, 0.1) is 0 Å². The summed E-state index contributed by atoms with van der Waals surface area (Å²) in [4.78, 5) is 0. The molecule has 0 saturated carbocycles. The molecule has 1 aliphatic rings. The monoisotopic (exact) mass is 314 g/mol. The van der Waals surface area contributed by atoms with Crippen molar-refractivity contribution in [2.24, 2.45) is 0 Å². The van der Waals surface area contributed by atoms with E-state index in [-0.39, 0.29) is 5.75 Å². The highest BCUT2D eigenvalue weighted by Gasteiger charge is 2.17. The predicted molar refractivity (Wildman–Crippen MR) is 87.6 cm³/mol. The third kappa shape index (κ3) is 3.18. The first-order chi connectivity index (χ1) is 11.2. The molecular formula is C18H18O5. The summed E-state index contributed by atoms with van der Waals surface area (Å²) < 4.78 is 21.6. The molecule has 5 nitrogen and oxygen atoms in total. The van der Waals surface area contributed by atoms with E-state index >= 15 is 0 Å². The molecule has 0 unspecified atom stereocenters. The molecule has 120 valence electrons. The minimum absolute atomic E-state index is 0.106. The van der Waals surface area contributed by atoms with Gasteiger partial charge in [0.15, 0.2) is 23.0 Å². The van der Waals surface area contributed by atoms with Crippen LogP contribution >= 0.6 is 0 Å². The number of hydrogen-bond donors (Lipinski definition) is 1. The van der Waals surface area contributed by atoms with E-state index in [1.165, 1.54) is 7.11 Å². The van der Waals surface area contributed by atoms with Gasteiger partial charge in [0.25, 0.3) is 0 Å². The average molecular weight is 314 g/mol. The van der Waals surface area contributed by atoms with Crippen molar-refractivity contribution >= 4 is 12.2 Å². The van der Waals surface area contributed by atoms with Gasteiger partial charge >= 0.3 is 0 Å². The van der Waals surface area contributed by atoms with Crippen LogP contribution in [0.3, 0.4) is 0 Å². The third-order valence-corrected chi connectivity index (χ3v) is 3.52. The van der Waals surface area contributed by atoms with E-state index in [1.807, 2.05) is 30.4 Å². The number of aromatic hydroxyl groups is 1. The van der Waals surface area contributed by atoms with Crippen molar-refractivity contribution in [3.63, 3.8) is 0 Å². The fraction of sp³-hybridized carbons (Fsp3) is 0.222. The quantitative estimate of drug-likeness (QED) is 0.877. The highest BCUT2D eigenvalue weighted by atomic mass is 16.6. The second kappa shape index (κ2) is 6.52. The van der Waals surface area contributed by atoms with Gasteiger partial charge in [-0.05, 0) is 35.4 Å². The lowest BCUT2D eigenvalue weighted by atomic mass is 10.1. The maximum atomic E-state index is 9.81. The Labute approximate surface area is 134 Å². The highest BCUT2D eigenvalue weighted by Crippen LogP contribution is 2.40. The molecule has 3 rings (SSSR count). The molecule has 1 aliphatic heterocycles. The minimum atomic E-state index is 0.106. The molecule has 0 atom stereocenters. The molecule has 0 spiro atoms. The molecular weight excluding hydrogens is 296 g/mol. The van der Waals surface area contributed by atoms with Gasteiger partial charge in [-0.2, -0.15) is 0 Å². The smallest absolute Gasteiger partial charge is 0.203 e. The second-order valence-corrected chi connectivity index (χ2v) is 5.01. The Hall–Kier alpha value is -2.82. The zero-order valence-electron chi connectivity index (χ0n) is 13.0. The van der Waals surface area contributed by atoms with Gasteiger partial charge in [0.05, 0.1) is 14.2 Å². The number of fused-ring (bicyclic) bond motifs is 1. The van der Waals surface area contributed by atoms with Crippen molar-refractivity contribution in [1.29, 1.82) is 0 Å². The molecule has 2 aromatic rings. The van der Waals surface area contributed by atoms with Gasteiger partial charge in [-0.3, -0.25) is 0 Å². The Morgan fingerprint density at radius 2 is 1.65 bits per heavy atom. The van der Waals surface area contributed by atoms with Crippen molar-refractivity contribution in [3.8, 4) is 28.7 Å². The lowest BCUT2D eigenvalue weighted by molar-refractivity contribution is 0.165. The number of benzene rings is 2. The van der Waals surface area contributed by atoms with E-state index in [0.29, 0.717) is 36.2 Å². The Kier molecular flexibility index (Phi) is 4.28. The Morgan fingerprint density at radius 3 is 2.39 bits per heavy atom. The maximum Gasteiger partial charge on any atom is 0.203 e. The molecule has 0 aromatic heterocycles. The van der Waals surface area contributed by atoms with Crippen LogP contribution in [0.4, 0.5) is 0 Å². The lowest BCUT2D eigenvalue weighted by Crippen LogP contribution is -2.16. The summed E-state index contributed by atoms with van der Waals surface area (Å²) in [6.07, 6.45) is 3.81. The number of phenols is 1. The van der Waals surface area contributed by atoms with Crippen LogP contribution in [-0.2, 0) is 0 Å². The number of phenolic OH excluding ortho intramolecular Hbond substituents is 1.